The minimum atomic E-state index is 0.0893. The van der Waals surface area contributed by atoms with Crippen LogP contribution in [-0.2, 0) is 11.2 Å². The largest absolute Gasteiger partial charge is 0.494 e. The first-order valence-corrected chi connectivity index (χ1v) is 8.54. The summed E-state index contributed by atoms with van der Waals surface area (Å²) in [6.45, 7) is 7.26. The predicted octanol–water partition coefficient (Wildman–Crippen LogP) is 3.60. The highest BCUT2D eigenvalue weighted by Crippen LogP contribution is 2.35. The van der Waals surface area contributed by atoms with Crippen molar-refractivity contribution >= 4 is 5.91 Å². The third-order valence-corrected chi connectivity index (χ3v) is 4.58. The van der Waals surface area contributed by atoms with Crippen molar-refractivity contribution in [2.75, 3.05) is 13.2 Å². The molecule has 5 nitrogen and oxygen atoms in total. The van der Waals surface area contributed by atoms with Gasteiger partial charge >= 0.3 is 0 Å². The average molecular weight is 328 g/mol. The zero-order chi connectivity index (χ0) is 17.1. The molecule has 24 heavy (non-hydrogen) atoms. The fourth-order valence-electron chi connectivity index (χ4n) is 3.48. The number of ether oxygens (including phenoxy) is 1. The molecule has 5 heteroatoms. The summed E-state index contributed by atoms with van der Waals surface area (Å²) < 4.78 is 10.7. The molecule has 0 saturated carbocycles. The maximum Gasteiger partial charge on any atom is 0.227 e. The Morgan fingerprint density at radius 1 is 1.33 bits per heavy atom. The Balaban J connectivity index is 1.72. The number of rotatable bonds is 5. The molecule has 0 spiro atoms. The lowest BCUT2D eigenvalue weighted by Crippen LogP contribution is -2.32. The number of aryl methyl sites for hydroxylation is 2. The second-order valence-corrected chi connectivity index (χ2v) is 6.24. The maximum absolute atomic E-state index is 12.8. The molecule has 2 aromatic rings. The van der Waals surface area contributed by atoms with E-state index in [0.717, 1.165) is 47.7 Å². The highest BCUT2D eigenvalue weighted by atomic mass is 16.5. The molecule has 1 fully saturated rings. The molecule has 128 valence electrons. The van der Waals surface area contributed by atoms with E-state index < -0.39 is 0 Å². The van der Waals surface area contributed by atoms with Crippen LogP contribution in [0.2, 0.25) is 0 Å². The summed E-state index contributed by atoms with van der Waals surface area (Å²) in [4.78, 5) is 14.8. The van der Waals surface area contributed by atoms with Gasteiger partial charge in [-0.2, -0.15) is 0 Å². The lowest BCUT2D eigenvalue weighted by molar-refractivity contribution is -0.131. The van der Waals surface area contributed by atoms with Crippen LogP contribution in [0.4, 0.5) is 0 Å². The van der Waals surface area contributed by atoms with Gasteiger partial charge in [0.15, 0.2) is 0 Å². The molecule has 1 aliphatic heterocycles. The van der Waals surface area contributed by atoms with Gasteiger partial charge in [-0.05, 0) is 51.3 Å². The Bertz CT molecular complexity index is 686. The molecule has 0 N–H and O–H groups in total. The quantitative estimate of drug-likeness (QED) is 0.841. The fourth-order valence-corrected chi connectivity index (χ4v) is 3.48. The number of carbonyl (C=O) groups is 1. The Labute approximate surface area is 142 Å². The summed E-state index contributed by atoms with van der Waals surface area (Å²) in [5.41, 5.74) is 2.97. The lowest BCUT2D eigenvalue weighted by Gasteiger charge is -2.25. The smallest absolute Gasteiger partial charge is 0.227 e. The van der Waals surface area contributed by atoms with Crippen LogP contribution in [0, 0.1) is 13.8 Å². The van der Waals surface area contributed by atoms with E-state index in [9.17, 15) is 4.79 Å². The minimum Gasteiger partial charge on any atom is -0.494 e. The Hall–Kier alpha value is -2.30. The Morgan fingerprint density at radius 2 is 2.08 bits per heavy atom. The number of hydrogen-bond donors (Lipinski definition) is 0. The first kappa shape index (κ1) is 16.6. The van der Waals surface area contributed by atoms with Crippen LogP contribution >= 0.6 is 0 Å². The summed E-state index contributed by atoms with van der Waals surface area (Å²) in [7, 11) is 0. The lowest BCUT2D eigenvalue weighted by atomic mass is 10.0. The van der Waals surface area contributed by atoms with E-state index in [-0.39, 0.29) is 11.9 Å². The Kier molecular flexibility index (Phi) is 4.88. The molecule has 0 bridgehead atoms. The van der Waals surface area contributed by atoms with Gasteiger partial charge in [-0.3, -0.25) is 4.79 Å². The second kappa shape index (κ2) is 7.07. The highest BCUT2D eigenvalue weighted by Gasteiger charge is 2.33. The third kappa shape index (κ3) is 3.30. The molecule has 1 aliphatic rings. The topological polar surface area (TPSA) is 55.6 Å². The van der Waals surface area contributed by atoms with Crippen molar-refractivity contribution in [2.45, 2.75) is 46.1 Å². The van der Waals surface area contributed by atoms with Gasteiger partial charge in [0, 0.05) is 12.1 Å². The number of aromatic nitrogens is 1. The molecule has 3 rings (SSSR count). The first-order valence-electron chi connectivity index (χ1n) is 8.54. The fraction of sp³-hybridized carbons (Fsp3) is 0.474. The molecule has 1 amide bonds. The van der Waals surface area contributed by atoms with Crippen molar-refractivity contribution in [1.29, 1.82) is 0 Å². The van der Waals surface area contributed by atoms with Crippen LogP contribution in [0.25, 0.3) is 0 Å². The number of nitrogens with zero attached hydrogens (tertiary/aromatic N) is 2. The molecule has 0 radical (unpaired) electrons. The predicted molar refractivity (Wildman–Crippen MR) is 91.0 cm³/mol. The van der Waals surface area contributed by atoms with Crippen molar-refractivity contribution in [3.63, 3.8) is 0 Å². The van der Waals surface area contributed by atoms with Crippen molar-refractivity contribution < 1.29 is 14.1 Å². The normalized spacial score (nSPS) is 17.3. The van der Waals surface area contributed by atoms with Gasteiger partial charge in [-0.1, -0.05) is 17.3 Å². The molecule has 0 aliphatic carbocycles. The summed E-state index contributed by atoms with van der Waals surface area (Å²) in [6, 6.07) is 7.85. The summed E-state index contributed by atoms with van der Waals surface area (Å²) >= 11 is 0. The van der Waals surface area contributed by atoms with Crippen molar-refractivity contribution in [1.82, 2.24) is 10.1 Å². The van der Waals surface area contributed by atoms with Crippen LogP contribution in [-0.4, -0.2) is 29.1 Å². The van der Waals surface area contributed by atoms with Gasteiger partial charge < -0.3 is 14.2 Å². The number of benzene rings is 1. The number of amides is 1. The standard InChI is InChI=1S/C19H24N2O3/c1-4-23-16-9-7-15(8-10-16)12-18(22)21-11-5-6-17(21)19-13(2)20-24-14(19)3/h7-10,17H,4-6,11-12H2,1-3H3/t17-/m0/s1. The van der Waals surface area contributed by atoms with Crippen LogP contribution < -0.4 is 4.74 Å². The molecule has 0 unspecified atom stereocenters. The highest BCUT2D eigenvalue weighted by molar-refractivity contribution is 5.79. The van der Waals surface area contributed by atoms with Crippen molar-refractivity contribution in [3.8, 4) is 5.75 Å². The molecule has 1 atom stereocenters. The van der Waals surface area contributed by atoms with E-state index >= 15 is 0 Å². The van der Waals surface area contributed by atoms with Gasteiger partial charge in [-0.15, -0.1) is 0 Å². The summed E-state index contributed by atoms with van der Waals surface area (Å²) in [5.74, 6) is 1.81. The third-order valence-electron chi connectivity index (χ3n) is 4.58. The summed E-state index contributed by atoms with van der Waals surface area (Å²) in [6.07, 6.45) is 2.40. The molecule has 1 aromatic carbocycles. The van der Waals surface area contributed by atoms with E-state index in [1.807, 2.05) is 49.9 Å². The average Bonchev–Trinajstić information content (AvgIpc) is 3.16. The number of hydrogen-bond acceptors (Lipinski definition) is 4. The number of carbonyl (C=O) groups excluding carboxylic acids is 1. The maximum atomic E-state index is 12.8. The van der Waals surface area contributed by atoms with Gasteiger partial charge in [0.25, 0.3) is 0 Å². The van der Waals surface area contributed by atoms with E-state index in [4.69, 9.17) is 9.26 Å². The first-order chi connectivity index (χ1) is 11.6. The number of likely N-dealkylation sites (tertiary alicyclic amines) is 1. The van der Waals surface area contributed by atoms with Crippen LogP contribution in [0.5, 0.6) is 5.75 Å². The van der Waals surface area contributed by atoms with Gasteiger partial charge in [0.2, 0.25) is 5.91 Å². The van der Waals surface area contributed by atoms with Crippen LogP contribution in [0.15, 0.2) is 28.8 Å². The van der Waals surface area contributed by atoms with Crippen LogP contribution in [0.3, 0.4) is 0 Å². The van der Waals surface area contributed by atoms with E-state index in [2.05, 4.69) is 5.16 Å². The van der Waals surface area contributed by atoms with Gasteiger partial charge in [-0.25, -0.2) is 0 Å². The molecular weight excluding hydrogens is 304 g/mol. The van der Waals surface area contributed by atoms with Gasteiger partial charge in [0.05, 0.1) is 24.8 Å². The zero-order valence-electron chi connectivity index (χ0n) is 14.5. The zero-order valence-corrected chi connectivity index (χ0v) is 14.5. The van der Waals surface area contributed by atoms with E-state index in [0.29, 0.717) is 13.0 Å². The second-order valence-electron chi connectivity index (χ2n) is 6.24. The Morgan fingerprint density at radius 3 is 2.71 bits per heavy atom. The van der Waals surface area contributed by atoms with E-state index in [1.165, 1.54) is 0 Å². The molecule has 2 heterocycles. The SMILES string of the molecule is CCOc1ccc(CC(=O)N2CCC[C@H]2c2c(C)noc2C)cc1. The van der Waals surface area contributed by atoms with Crippen LogP contribution in [0.1, 0.15) is 48.4 Å². The minimum absolute atomic E-state index is 0.0893. The molecular formula is C19H24N2O3. The van der Waals surface area contributed by atoms with Crippen molar-refractivity contribution in [3.05, 3.63) is 46.8 Å². The summed E-state index contributed by atoms with van der Waals surface area (Å²) in [5, 5.41) is 4.04. The van der Waals surface area contributed by atoms with Gasteiger partial charge in [0.1, 0.15) is 11.5 Å². The molecule has 1 aromatic heterocycles. The molecule has 1 saturated heterocycles. The van der Waals surface area contributed by atoms with Crippen molar-refractivity contribution in [2.24, 2.45) is 0 Å². The monoisotopic (exact) mass is 328 g/mol. The van der Waals surface area contributed by atoms with E-state index in [1.54, 1.807) is 0 Å².